The number of hydrogen-bond donors (Lipinski definition) is 1. The molecule has 0 radical (unpaired) electrons. The molecule has 1 saturated carbocycles. The van der Waals surface area contributed by atoms with Crippen LogP contribution >= 0.6 is 0 Å². The Morgan fingerprint density at radius 1 is 1.38 bits per heavy atom. The standard InChI is InChI=1S/C19H27N3O2/c1-3-7-15-12-16(13-24-2)22-11-10-17(18(22)20-15)19(23)21-14-8-5-4-6-9-14/h10-12,14H,3-9,13H2,1-2H3,(H,21,23). The van der Waals surface area contributed by atoms with E-state index >= 15 is 0 Å². The molecule has 2 aromatic rings. The van der Waals surface area contributed by atoms with Gasteiger partial charge in [0.2, 0.25) is 0 Å². The van der Waals surface area contributed by atoms with Crippen molar-refractivity contribution in [3.05, 3.63) is 35.3 Å². The summed E-state index contributed by atoms with van der Waals surface area (Å²) in [6, 6.07) is 4.25. The summed E-state index contributed by atoms with van der Waals surface area (Å²) in [7, 11) is 1.69. The third-order valence-corrected chi connectivity index (χ3v) is 4.73. The number of rotatable bonds is 6. The average Bonchev–Trinajstić information content (AvgIpc) is 3.00. The molecule has 5 heteroatoms. The van der Waals surface area contributed by atoms with Crippen molar-refractivity contribution in [1.82, 2.24) is 14.7 Å². The first-order valence-electron chi connectivity index (χ1n) is 9.02. The molecule has 0 bridgehead atoms. The summed E-state index contributed by atoms with van der Waals surface area (Å²) in [5, 5.41) is 3.19. The van der Waals surface area contributed by atoms with Crippen LogP contribution in [-0.4, -0.2) is 28.4 Å². The maximum absolute atomic E-state index is 12.7. The van der Waals surface area contributed by atoms with Crippen molar-refractivity contribution in [2.24, 2.45) is 0 Å². The van der Waals surface area contributed by atoms with Crippen molar-refractivity contribution < 1.29 is 9.53 Å². The van der Waals surface area contributed by atoms with Crippen LogP contribution in [0.1, 0.15) is 67.2 Å². The van der Waals surface area contributed by atoms with Crippen molar-refractivity contribution in [2.45, 2.75) is 64.5 Å². The van der Waals surface area contributed by atoms with E-state index in [2.05, 4.69) is 18.3 Å². The Bertz CT molecular complexity index is 702. The Hall–Kier alpha value is -1.88. The molecule has 1 aliphatic rings. The van der Waals surface area contributed by atoms with Crippen molar-refractivity contribution in [1.29, 1.82) is 0 Å². The molecule has 0 aromatic carbocycles. The molecule has 0 unspecified atom stereocenters. The van der Waals surface area contributed by atoms with E-state index in [1.54, 1.807) is 7.11 Å². The van der Waals surface area contributed by atoms with Gasteiger partial charge in [-0.05, 0) is 31.4 Å². The predicted octanol–water partition coefficient (Wildman–Crippen LogP) is 3.50. The minimum absolute atomic E-state index is 0.00563. The summed E-state index contributed by atoms with van der Waals surface area (Å²) in [5.41, 5.74) is 3.45. The number of amides is 1. The molecule has 2 heterocycles. The molecule has 1 fully saturated rings. The minimum atomic E-state index is -0.00563. The zero-order valence-electron chi connectivity index (χ0n) is 14.7. The van der Waals surface area contributed by atoms with E-state index in [9.17, 15) is 4.79 Å². The smallest absolute Gasteiger partial charge is 0.255 e. The van der Waals surface area contributed by atoms with Crippen molar-refractivity contribution in [2.75, 3.05) is 7.11 Å². The summed E-state index contributed by atoms with van der Waals surface area (Å²) in [5.74, 6) is -0.00563. The van der Waals surface area contributed by atoms with Crippen molar-refractivity contribution in [3.63, 3.8) is 0 Å². The van der Waals surface area contributed by atoms with Gasteiger partial charge in [-0.25, -0.2) is 4.98 Å². The number of ether oxygens (including phenoxy) is 1. The van der Waals surface area contributed by atoms with Crippen LogP contribution in [0.5, 0.6) is 0 Å². The van der Waals surface area contributed by atoms with Gasteiger partial charge in [-0.1, -0.05) is 32.6 Å². The minimum Gasteiger partial charge on any atom is -0.378 e. The van der Waals surface area contributed by atoms with E-state index in [4.69, 9.17) is 9.72 Å². The van der Waals surface area contributed by atoms with Gasteiger partial charge in [0.25, 0.3) is 5.91 Å². The maximum Gasteiger partial charge on any atom is 0.255 e. The number of fused-ring (bicyclic) bond motifs is 1. The number of carbonyl (C=O) groups is 1. The highest BCUT2D eigenvalue weighted by atomic mass is 16.5. The molecule has 2 aromatic heterocycles. The van der Waals surface area contributed by atoms with E-state index in [0.29, 0.717) is 18.2 Å². The van der Waals surface area contributed by atoms with Crippen LogP contribution in [0, 0.1) is 0 Å². The predicted molar refractivity (Wildman–Crippen MR) is 94.2 cm³/mol. The number of nitrogens with one attached hydrogen (secondary N) is 1. The number of aryl methyl sites for hydroxylation is 1. The van der Waals surface area contributed by atoms with E-state index in [-0.39, 0.29) is 5.91 Å². The molecular formula is C19H27N3O2. The van der Waals surface area contributed by atoms with Gasteiger partial charge in [-0.3, -0.25) is 4.79 Å². The zero-order chi connectivity index (χ0) is 16.9. The van der Waals surface area contributed by atoms with Crippen molar-refractivity contribution >= 4 is 11.6 Å². The second-order valence-corrected chi connectivity index (χ2v) is 6.65. The van der Waals surface area contributed by atoms with Gasteiger partial charge in [0.15, 0.2) is 0 Å². The summed E-state index contributed by atoms with van der Waals surface area (Å²) in [6.07, 6.45) is 9.71. The summed E-state index contributed by atoms with van der Waals surface area (Å²) in [6.45, 7) is 2.64. The summed E-state index contributed by atoms with van der Waals surface area (Å²) in [4.78, 5) is 17.5. The first-order valence-corrected chi connectivity index (χ1v) is 9.02. The fraction of sp³-hybridized carbons (Fsp3) is 0.579. The Labute approximate surface area is 143 Å². The quantitative estimate of drug-likeness (QED) is 0.882. The van der Waals surface area contributed by atoms with Crippen LogP contribution in [-0.2, 0) is 17.8 Å². The highest BCUT2D eigenvalue weighted by Crippen LogP contribution is 2.20. The maximum atomic E-state index is 12.7. The first kappa shape index (κ1) is 17.0. The summed E-state index contributed by atoms with van der Waals surface area (Å²) >= 11 is 0. The highest BCUT2D eigenvalue weighted by molar-refractivity contribution is 6.00. The normalized spacial score (nSPS) is 15.8. The fourth-order valence-electron chi connectivity index (χ4n) is 3.53. The van der Waals surface area contributed by atoms with Gasteiger partial charge in [0.1, 0.15) is 5.65 Å². The van der Waals surface area contributed by atoms with E-state index in [1.807, 2.05) is 16.7 Å². The third-order valence-electron chi connectivity index (χ3n) is 4.73. The van der Waals surface area contributed by atoms with Crippen LogP contribution in [0.3, 0.4) is 0 Å². The van der Waals surface area contributed by atoms with E-state index in [1.165, 1.54) is 19.3 Å². The number of hydrogen-bond acceptors (Lipinski definition) is 3. The Morgan fingerprint density at radius 2 is 2.17 bits per heavy atom. The number of carbonyl (C=O) groups excluding carboxylic acids is 1. The number of aromatic nitrogens is 2. The lowest BCUT2D eigenvalue weighted by Crippen LogP contribution is -2.36. The molecule has 0 saturated heterocycles. The lowest BCUT2D eigenvalue weighted by molar-refractivity contribution is 0.0929. The third kappa shape index (κ3) is 3.61. The Morgan fingerprint density at radius 3 is 2.88 bits per heavy atom. The van der Waals surface area contributed by atoms with Crippen LogP contribution < -0.4 is 5.32 Å². The second kappa shape index (κ2) is 7.79. The van der Waals surface area contributed by atoms with Crippen LogP contribution in [0.2, 0.25) is 0 Å². The molecule has 1 N–H and O–H groups in total. The molecule has 0 atom stereocenters. The molecule has 1 amide bonds. The van der Waals surface area contributed by atoms with Gasteiger partial charge in [0, 0.05) is 25.0 Å². The highest BCUT2D eigenvalue weighted by Gasteiger charge is 2.20. The largest absolute Gasteiger partial charge is 0.378 e. The SMILES string of the molecule is CCCc1cc(COC)n2ccc(C(=O)NC3CCCCC3)c2n1. The Balaban J connectivity index is 1.90. The topological polar surface area (TPSA) is 55.6 Å². The molecule has 5 nitrogen and oxygen atoms in total. The lowest BCUT2D eigenvalue weighted by Gasteiger charge is -2.22. The van der Waals surface area contributed by atoms with Crippen molar-refractivity contribution in [3.8, 4) is 0 Å². The van der Waals surface area contributed by atoms with Crippen LogP contribution in [0.15, 0.2) is 18.3 Å². The van der Waals surface area contributed by atoms with Crippen LogP contribution in [0.4, 0.5) is 0 Å². The van der Waals surface area contributed by atoms with E-state index < -0.39 is 0 Å². The molecule has 0 aliphatic heterocycles. The molecule has 0 spiro atoms. The van der Waals surface area contributed by atoms with Gasteiger partial charge in [0.05, 0.1) is 17.9 Å². The average molecular weight is 329 g/mol. The monoisotopic (exact) mass is 329 g/mol. The molecule has 24 heavy (non-hydrogen) atoms. The number of nitrogens with zero attached hydrogens (tertiary/aromatic N) is 2. The Kier molecular flexibility index (Phi) is 5.51. The zero-order valence-corrected chi connectivity index (χ0v) is 14.7. The van der Waals surface area contributed by atoms with Gasteiger partial charge in [-0.15, -0.1) is 0 Å². The fourth-order valence-corrected chi connectivity index (χ4v) is 3.53. The molecule has 130 valence electrons. The van der Waals surface area contributed by atoms with Gasteiger partial charge >= 0.3 is 0 Å². The van der Waals surface area contributed by atoms with Gasteiger partial charge < -0.3 is 14.5 Å². The lowest BCUT2D eigenvalue weighted by atomic mass is 9.95. The second-order valence-electron chi connectivity index (χ2n) is 6.65. The van der Waals surface area contributed by atoms with E-state index in [0.717, 1.165) is 42.7 Å². The molecule has 3 rings (SSSR count). The molecule has 1 aliphatic carbocycles. The molecular weight excluding hydrogens is 302 g/mol. The summed E-state index contributed by atoms with van der Waals surface area (Å²) < 4.78 is 7.28. The first-order chi connectivity index (χ1) is 11.7. The van der Waals surface area contributed by atoms with Gasteiger partial charge in [-0.2, -0.15) is 0 Å². The number of methoxy groups -OCH3 is 1. The van der Waals surface area contributed by atoms with Crippen LogP contribution in [0.25, 0.3) is 5.65 Å².